The van der Waals surface area contributed by atoms with Gasteiger partial charge in [-0.25, -0.2) is 0 Å². The average molecular weight is 390 g/mol. The molecule has 2 atom stereocenters. The molecule has 1 aliphatic heterocycles. The molecule has 2 unspecified atom stereocenters. The first kappa shape index (κ1) is 15.0. The van der Waals surface area contributed by atoms with Crippen LogP contribution in [0.5, 0.6) is 0 Å². The van der Waals surface area contributed by atoms with Gasteiger partial charge in [-0.2, -0.15) is 0 Å². The summed E-state index contributed by atoms with van der Waals surface area (Å²) in [6.45, 7) is 3.12. The van der Waals surface area contributed by atoms with E-state index in [1.165, 1.54) is 6.42 Å². The third kappa shape index (κ3) is 4.04. The summed E-state index contributed by atoms with van der Waals surface area (Å²) in [4.78, 5) is 12.3. The average Bonchev–Trinajstić information content (AvgIpc) is 2.42. The third-order valence-corrected chi connectivity index (χ3v) is 4.74. The lowest BCUT2D eigenvalue weighted by Gasteiger charge is -2.28. The van der Waals surface area contributed by atoms with E-state index in [1.807, 2.05) is 18.2 Å². The van der Waals surface area contributed by atoms with E-state index in [1.54, 1.807) is 0 Å². The highest BCUT2D eigenvalue weighted by Gasteiger charge is 2.26. The Balaban J connectivity index is 2.00. The number of carbonyl (C=O) groups excluding carboxylic acids is 1. The Hall–Kier alpha value is -0.390. The van der Waals surface area contributed by atoms with Gasteiger partial charge in [0.2, 0.25) is 5.91 Å². The van der Waals surface area contributed by atoms with E-state index in [0.29, 0.717) is 5.92 Å². The number of carbonyl (C=O) groups is 1. The van der Waals surface area contributed by atoms with Gasteiger partial charge in [-0.05, 0) is 59.4 Å². The van der Waals surface area contributed by atoms with Crippen molar-refractivity contribution in [1.29, 1.82) is 0 Å². The van der Waals surface area contributed by atoms with Crippen LogP contribution in [0.15, 0.2) is 27.1 Å². The lowest BCUT2D eigenvalue weighted by atomic mass is 9.90. The summed E-state index contributed by atoms with van der Waals surface area (Å²) < 4.78 is 1.87. The van der Waals surface area contributed by atoms with Crippen molar-refractivity contribution in [3.63, 3.8) is 0 Å². The van der Waals surface area contributed by atoms with Gasteiger partial charge in [-0.15, -0.1) is 0 Å². The zero-order valence-electron chi connectivity index (χ0n) is 10.9. The highest BCUT2D eigenvalue weighted by molar-refractivity contribution is 9.11. The molecule has 2 rings (SSSR count). The molecule has 0 bridgehead atoms. The van der Waals surface area contributed by atoms with Crippen LogP contribution in [-0.4, -0.2) is 18.5 Å². The minimum Gasteiger partial charge on any atom is -0.324 e. The van der Waals surface area contributed by atoms with Crippen LogP contribution in [0.1, 0.15) is 26.2 Å². The summed E-state index contributed by atoms with van der Waals surface area (Å²) in [6, 6.07) is 5.67. The van der Waals surface area contributed by atoms with Crippen LogP contribution in [-0.2, 0) is 4.79 Å². The van der Waals surface area contributed by atoms with Crippen molar-refractivity contribution in [3.05, 3.63) is 27.1 Å². The zero-order valence-corrected chi connectivity index (χ0v) is 14.1. The van der Waals surface area contributed by atoms with Crippen molar-refractivity contribution in [2.24, 2.45) is 5.92 Å². The summed E-state index contributed by atoms with van der Waals surface area (Å²) in [6.07, 6.45) is 3.24. The van der Waals surface area contributed by atoms with Gasteiger partial charge in [0, 0.05) is 8.95 Å². The second-order valence-corrected chi connectivity index (χ2v) is 6.69. The predicted octanol–water partition coefficient (Wildman–Crippen LogP) is 3.93. The van der Waals surface area contributed by atoms with Crippen molar-refractivity contribution < 1.29 is 4.79 Å². The lowest BCUT2D eigenvalue weighted by Crippen LogP contribution is -2.46. The molecular weight excluding hydrogens is 372 g/mol. The number of piperidine rings is 1. The number of rotatable bonds is 3. The van der Waals surface area contributed by atoms with Crippen LogP contribution in [0.25, 0.3) is 0 Å². The second kappa shape index (κ2) is 6.86. The second-order valence-electron chi connectivity index (χ2n) is 4.92. The summed E-state index contributed by atoms with van der Waals surface area (Å²) in [5, 5.41) is 6.28. The smallest absolute Gasteiger partial charge is 0.241 e. The number of halogens is 2. The molecule has 0 radical (unpaired) electrons. The van der Waals surface area contributed by atoms with Gasteiger partial charge < -0.3 is 10.6 Å². The molecule has 1 aromatic rings. The predicted molar refractivity (Wildman–Crippen MR) is 85.3 cm³/mol. The topological polar surface area (TPSA) is 41.1 Å². The van der Waals surface area contributed by atoms with E-state index in [2.05, 4.69) is 49.4 Å². The molecule has 1 saturated heterocycles. The highest BCUT2D eigenvalue weighted by atomic mass is 79.9. The van der Waals surface area contributed by atoms with E-state index in [9.17, 15) is 4.79 Å². The van der Waals surface area contributed by atoms with Gasteiger partial charge in [0.1, 0.15) is 0 Å². The lowest BCUT2D eigenvalue weighted by molar-refractivity contribution is -0.119. The summed E-state index contributed by atoms with van der Waals surface area (Å²) in [5.74, 6) is 0.714. The monoisotopic (exact) mass is 388 g/mol. The fourth-order valence-corrected chi connectivity index (χ4v) is 3.52. The molecule has 5 heteroatoms. The molecule has 0 aliphatic carbocycles. The summed E-state index contributed by atoms with van der Waals surface area (Å²) in [5.41, 5.74) is 0.814. The highest BCUT2D eigenvalue weighted by Crippen LogP contribution is 2.27. The first-order chi connectivity index (χ1) is 9.10. The maximum atomic E-state index is 12.3. The molecular formula is C14H18Br2N2O. The van der Waals surface area contributed by atoms with Crippen molar-refractivity contribution in [3.8, 4) is 0 Å². The van der Waals surface area contributed by atoms with E-state index in [0.717, 1.165) is 34.0 Å². The number of benzene rings is 1. The Labute approximate surface area is 130 Å². The maximum Gasteiger partial charge on any atom is 0.241 e. The Morgan fingerprint density at radius 1 is 1.47 bits per heavy atom. The Morgan fingerprint density at radius 3 is 2.95 bits per heavy atom. The van der Waals surface area contributed by atoms with Gasteiger partial charge in [-0.1, -0.05) is 29.3 Å². The fraction of sp³-hybridized carbons (Fsp3) is 0.500. The molecule has 0 spiro atoms. The van der Waals surface area contributed by atoms with Crippen LogP contribution in [0.4, 0.5) is 5.69 Å². The van der Waals surface area contributed by atoms with E-state index >= 15 is 0 Å². The molecule has 1 aliphatic rings. The van der Waals surface area contributed by atoms with Crippen LogP contribution < -0.4 is 10.6 Å². The standard InChI is InChI=1S/C14H18Br2N2O/c1-2-9-5-6-17-13(7-9)14(19)18-12-4-3-10(15)8-11(12)16/h3-4,8-9,13,17H,2,5-7H2,1H3,(H,18,19). The van der Waals surface area contributed by atoms with Gasteiger partial charge in [-0.3, -0.25) is 4.79 Å². The van der Waals surface area contributed by atoms with Crippen molar-refractivity contribution in [1.82, 2.24) is 5.32 Å². The van der Waals surface area contributed by atoms with Crippen LogP contribution >= 0.6 is 31.9 Å². The zero-order chi connectivity index (χ0) is 13.8. The quantitative estimate of drug-likeness (QED) is 0.822. The number of nitrogens with one attached hydrogen (secondary N) is 2. The fourth-order valence-electron chi connectivity index (χ4n) is 2.38. The Kier molecular flexibility index (Phi) is 5.42. The molecule has 1 amide bonds. The molecule has 0 saturated carbocycles. The van der Waals surface area contributed by atoms with E-state index < -0.39 is 0 Å². The minimum absolute atomic E-state index is 0.0566. The van der Waals surface area contributed by atoms with Crippen molar-refractivity contribution in [2.45, 2.75) is 32.2 Å². The first-order valence-corrected chi connectivity index (χ1v) is 8.18. The number of anilines is 1. The Morgan fingerprint density at radius 2 is 2.26 bits per heavy atom. The molecule has 19 heavy (non-hydrogen) atoms. The number of hydrogen-bond acceptors (Lipinski definition) is 2. The number of hydrogen-bond donors (Lipinski definition) is 2. The van der Waals surface area contributed by atoms with Gasteiger partial charge in [0.15, 0.2) is 0 Å². The van der Waals surface area contributed by atoms with Crippen LogP contribution in [0, 0.1) is 5.92 Å². The van der Waals surface area contributed by atoms with Gasteiger partial charge in [0.25, 0.3) is 0 Å². The molecule has 3 nitrogen and oxygen atoms in total. The minimum atomic E-state index is -0.0748. The SMILES string of the molecule is CCC1CCNC(C(=O)Nc2ccc(Br)cc2Br)C1. The molecule has 1 fully saturated rings. The van der Waals surface area contributed by atoms with Crippen molar-refractivity contribution in [2.75, 3.05) is 11.9 Å². The molecule has 2 N–H and O–H groups in total. The maximum absolute atomic E-state index is 12.3. The normalized spacial score (nSPS) is 23.1. The molecule has 1 heterocycles. The van der Waals surface area contributed by atoms with Crippen LogP contribution in [0.3, 0.4) is 0 Å². The van der Waals surface area contributed by atoms with Gasteiger partial charge in [0.05, 0.1) is 11.7 Å². The first-order valence-electron chi connectivity index (χ1n) is 6.59. The molecule has 1 aromatic carbocycles. The van der Waals surface area contributed by atoms with E-state index in [4.69, 9.17) is 0 Å². The Bertz CT molecular complexity index is 465. The van der Waals surface area contributed by atoms with Crippen molar-refractivity contribution >= 4 is 43.5 Å². The van der Waals surface area contributed by atoms with E-state index in [-0.39, 0.29) is 11.9 Å². The number of amides is 1. The summed E-state index contributed by atoms with van der Waals surface area (Å²) >= 11 is 6.86. The van der Waals surface area contributed by atoms with Gasteiger partial charge >= 0.3 is 0 Å². The molecule has 104 valence electrons. The summed E-state index contributed by atoms with van der Waals surface area (Å²) in [7, 11) is 0. The largest absolute Gasteiger partial charge is 0.324 e. The third-order valence-electron chi connectivity index (χ3n) is 3.60. The molecule has 0 aromatic heterocycles. The van der Waals surface area contributed by atoms with Crippen LogP contribution in [0.2, 0.25) is 0 Å².